The van der Waals surface area contributed by atoms with Crippen molar-refractivity contribution in [2.45, 2.75) is 18.8 Å². The first kappa shape index (κ1) is 19.6. The number of benzene rings is 2. The van der Waals surface area contributed by atoms with E-state index in [0.29, 0.717) is 38.0 Å². The second kappa shape index (κ2) is 7.63. The third kappa shape index (κ3) is 3.67. The molecule has 0 N–H and O–H groups in total. The summed E-state index contributed by atoms with van der Waals surface area (Å²) in [5.41, 5.74) is 0.531. The molecule has 2 aliphatic rings. The molecule has 0 atom stereocenters. The summed E-state index contributed by atoms with van der Waals surface area (Å²) in [6, 6.07) is 11.5. The molecule has 0 saturated carbocycles. The highest BCUT2D eigenvalue weighted by molar-refractivity contribution is 6.05. The van der Waals surface area contributed by atoms with Crippen LogP contribution in [0.5, 0.6) is 0 Å². The molecule has 1 saturated heterocycles. The maximum absolute atomic E-state index is 14.2. The van der Waals surface area contributed by atoms with Crippen LogP contribution in [0.15, 0.2) is 48.5 Å². The Morgan fingerprint density at radius 1 is 1.00 bits per heavy atom. The van der Waals surface area contributed by atoms with Gasteiger partial charge in [0.25, 0.3) is 0 Å². The molecule has 2 aromatic rings. The van der Waals surface area contributed by atoms with Gasteiger partial charge in [0.05, 0.1) is 11.3 Å². The number of carbonyl (C=O) groups excluding carboxylic acids is 2. The van der Waals surface area contributed by atoms with Crippen LogP contribution >= 0.6 is 0 Å². The lowest BCUT2D eigenvalue weighted by Crippen LogP contribution is -2.43. The fourth-order valence-electron chi connectivity index (χ4n) is 4.10. The molecule has 4 rings (SSSR count). The van der Waals surface area contributed by atoms with Gasteiger partial charge in [-0.05, 0) is 56.3 Å². The molecule has 0 unspecified atom stereocenters. The highest BCUT2D eigenvalue weighted by Crippen LogP contribution is 2.43. The lowest BCUT2D eigenvalue weighted by atomic mass is 9.89. The van der Waals surface area contributed by atoms with Gasteiger partial charge in [0, 0.05) is 24.6 Å². The molecule has 0 aromatic heterocycles. The third-order valence-electron chi connectivity index (χ3n) is 5.77. The van der Waals surface area contributed by atoms with Gasteiger partial charge in [-0.2, -0.15) is 8.78 Å². The van der Waals surface area contributed by atoms with Gasteiger partial charge in [-0.1, -0.05) is 18.2 Å². The van der Waals surface area contributed by atoms with E-state index in [9.17, 15) is 22.8 Å². The quantitative estimate of drug-likeness (QED) is 0.714. The smallest absolute Gasteiger partial charge is 0.305 e. The Morgan fingerprint density at radius 3 is 2.34 bits per heavy atom. The number of hydrogen-bond donors (Lipinski definition) is 0. The second-order valence-electron chi connectivity index (χ2n) is 7.54. The lowest BCUT2D eigenvalue weighted by Gasteiger charge is -2.32. The number of rotatable bonds is 5. The van der Waals surface area contributed by atoms with Crippen molar-refractivity contribution in [3.8, 4) is 0 Å². The van der Waals surface area contributed by atoms with Crippen LogP contribution in [0.3, 0.4) is 0 Å². The minimum atomic E-state index is -3.48. The molecule has 2 heterocycles. The number of fused-ring (bicyclic) bond motifs is 1. The van der Waals surface area contributed by atoms with Crippen molar-refractivity contribution in [1.29, 1.82) is 0 Å². The Hall–Kier alpha value is -2.67. The van der Waals surface area contributed by atoms with Crippen LogP contribution in [-0.4, -0.2) is 42.8 Å². The molecule has 0 aliphatic carbocycles. The number of amides is 1. The van der Waals surface area contributed by atoms with Crippen molar-refractivity contribution in [1.82, 2.24) is 4.90 Å². The fraction of sp³-hybridized carbons (Fsp3) is 0.364. The largest absolute Gasteiger partial charge is 0.352 e. The number of likely N-dealkylation sites (tertiary alicyclic amines) is 1. The number of ketones is 1. The summed E-state index contributed by atoms with van der Waals surface area (Å²) < 4.78 is 41.4. The van der Waals surface area contributed by atoms with Crippen LogP contribution in [0.4, 0.5) is 18.9 Å². The predicted molar refractivity (Wildman–Crippen MR) is 103 cm³/mol. The summed E-state index contributed by atoms with van der Waals surface area (Å²) in [6.45, 7) is 1.95. The molecule has 7 heteroatoms. The normalized spacial score (nSPS) is 19.4. The molecule has 4 nitrogen and oxygen atoms in total. The minimum absolute atomic E-state index is 0.00735. The van der Waals surface area contributed by atoms with Crippen molar-refractivity contribution in [2.75, 3.05) is 31.1 Å². The van der Waals surface area contributed by atoms with Crippen LogP contribution in [0.25, 0.3) is 0 Å². The average Bonchev–Trinajstić information content (AvgIpc) is 2.93. The van der Waals surface area contributed by atoms with Crippen LogP contribution in [0.1, 0.15) is 28.8 Å². The van der Waals surface area contributed by atoms with E-state index < -0.39 is 11.8 Å². The van der Waals surface area contributed by atoms with Crippen LogP contribution in [0, 0.1) is 11.7 Å². The minimum Gasteiger partial charge on any atom is -0.305 e. The number of hydrogen-bond acceptors (Lipinski definition) is 3. The lowest BCUT2D eigenvalue weighted by molar-refractivity contribution is -0.141. The molecule has 2 aromatic carbocycles. The summed E-state index contributed by atoms with van der Waals surface area (Å²) in [7, 11) is 0. The van der Waals surface area contributed by atoms with Gasteiger partial charge in [0.2, 0.25) is 0 Å². The average molecular weight is 402 g/mol. The van der Waals surface area contributed by atoms with E-state index in [1.807, 2.05) is 0 Å². The predicted octanol–water partition coefficient (Wildman–Crippen LogP) is 3.86. The number of para-hydroxylation sites is 1. The van der Waals surface area contributed by atoms with E-state index >= 15 is 0 Å². The van der Waals surface area contributed by atoms with Gasteiger partial charge in [0.15, 0.2) is 5.78 Å². The second-order valence-corrected chi connectivity index (χ2v) is 7.54. The topological polar surface area (TPSA) is 40.6 Å². The van der Waals surface area contributed by atoms with E-state index in [0.717, 1.165) is 4.90 Å². The zero-order valence-electron chi connectivity index (χ0n) is 15.8. The molecule has 0 bridgehead atoms. The molecule has 2 aliphatic heterocycles. The van der Waals surface area contributed by atoms with Crippen LogP contribution < -0.4 is 4.90 Å². The van der Waals surface area contributed by atoms with Gasteiger partial charge in [-0.15, -0.1) is 0 Å². The van der Waals surface area contributed by atoms with E-state index in [2.05, 4.69) is 4.90 Å². The molecule has 0 spiro atoms. The van der Waals surface area contributed by atoms with Crippen molar-refractivity contribution >= 4 is 17.4 Å². The summed E-state index contributed by atoms with van der Waals surface area (Å²) in [5, 5.41) is 0. The van der Waals surface area contributed by atoms with Crippen LogP contribution in [0.2, 0.25) is 0 Å². The molecular formula is C22H21F3N2O2. The van der Waals surface area contributed by atoms with Crippen molar-refractivity contribution in [2.24, 2.45) is 5.92 Å². The molecular weight excluding hydrogens is 381 g/mol. The maximum atomic E-state index is 14.2. The number of anilines is 1. The summed E-state index contributed by atoms with van der Waals surface area (Å²) in [6.07, 6.45) is 1.30. The maximum Gasteiger partial charge on any atom is 0.352 e. The van der Waals surface area contributed by atoms with Gasteiger partial charge in [-0.25, -0.2) is 4.39 Å². The molecule has 1 amide bonds. The highest BCUT2D eigenvalue weighted by Gasteiger charge is 2.52. The first-order chi connectivity index (χ1) is 13.9. The van der Waals surface area contributed by atoms with E-state index in [-0.39, 0.29) is 35.3 Å². The Kier molecular flexibility index (Phi) is 5.17. The Labute approximate surface area is 166 Å². The number of Topliss-reactive ketones (excluding diaryl/α,β-unsaturated/α-hetero) is 1. The fourth-order valence-corrected chi connectivity index (χ4v) is 4.10. The van der Waals surface area contributed by atoms with Crippen molar-refractivity contribution in [3.63, 3.8) is 0 Å². The van der Waals surface area contributed by atoms with E-state index in [4.69, 9.17) is 0 Å². The Morgan fingerprint density at radius 2 is 1.66 bits per heavy atom. The monoisotopic (exact) mass is 402 g/mol. The van der Waals surface area contributed by atoms with Crippen molar-refractivity contribution in [3.05, 3.63) is 65.5 Å². The number of nitrogens with zero attached hydrogens (tertiary/aromatic N) is 2. The van der Waals surface area contributed by atoms with Crippen molar-refractivity contribution < 1.29 is 22.8 Å². The van der Waals surface area contributed by atoms with E-state index in [1.54, 1.807) is 12.1 Å². The van der Waals surface area contributed by atoms with Gasteiger partial charge in [0.1, 0.15) is 5.82 Å². The molecule has 1 fully saturated rings. The zero-order chi connectivity index (χ0) is 20.6. The zero-order valence-corrected chi connectivity index (χ0v) is 15.8. The number of alkyl halides is 2. The Bertz CT molecular complexity index is 922. The van der Waals surface area contributed by atoms with Gasteiger partial charge >= 0.3 is 11.8 Å². The number of halogens is 3. The number of carbonyl (C=O) groups is 2. The highest BCUT2D eigenvalue weighted by atomic mass is 19.3. The molecule has 0 radical (unpaired) electrons. The Balaban J connectivity index is 1.33. The number of piperidine rings is 1. The standard InChI is InChI=1S/C22H21F3N2O2/c23-17-7-5-15(6-8-17)20(28)16-9-11-26(12-10-16)13-14-27-19-4-2-1-3-18(19)22(24,25)21(27)29/h1-8,16H,9-14H2. The van der Waals surface area contributed by atoms with E-state index in [1.165, 1.54) is 36.4 Å². The van der Waals surface area contributed by atoms with Gasteiger partial charge in [-0.3, -0.25) is 9.59 Å². The SMILES string of the molecule is O=C(c1ccc(F)cc1)C1CCN(CCN2C(=O)C(F)(F)c3ccccc32)CC1. The summed E-state index contributed by atoms with van der Waals surface area (Å²) in [4.78, 5) is 28.0. The first-order valence-electron chi connectivity index (χ1n) is 9.69. The first-order valence-corrected chi connectivity index (χ1v) is 9.69. The molecule has 29 heavy (non-hydrogen) atoms. The summed E-state index contributed by atoms with van der Waals surface area (Å²) in [5.74, 6) is -5.16. The summed E-state index contributed by atoms with van der Waals surface area (Å²) >= 11 is 0. The van der Waals surface area contributed by atoms with Crippen LogP contribution in [-0.2, 0) is 10.7 Å². The third-order valence-corrected chi connectivity index (χ3v) is 5.77. The van der Waals surface area contributed by atoms with Gasteiger partial charge < -0.3 is 9.80 Å². The molecule has 152 valence electrons.